The van der Waals surface area contributed by atoms with Gasteiger partial charge < -0.3 is 15.6 Å². The van der Waals surface area contributed by atoms with Crippen molar-refractivity contribution in [3.8, 4) is 0 Å². The third-order valence-corrected chi connectivity index (χ3v) is 2.99. The number of para-hydroxylation sites is 1. The minimum absolute atomic E-state index is 0. The number of carbonyl (C=O) groups excluding carboxylic acids is 1. The first-order valence-electron chi connectivity index (χ1n) is 6.27. The van der Waals surface area contributed by atoms with E-state index >= 15 is 0 Å². The van der Waals surface area contributed by atoms with Crippen LogP contribution in [-0.4, -0.2) is 31.0 Å². The molecule has 1 aromatic heterocycles. The summed E-state index contributed by atoms with van der Waals surface area (Å²) in [5.74, 6) is 0.101. The number of aromatic nitrogens is 1. The number of hydrogen-bond acceptors (Lipinski definition) is 2. The molecule has 19 heavy (non-hydrogen) atoms. The molecule has 1 aromatic carbocycles. The van der Waals surface area contributed by atoms with Crippen LogP contribution in [0.5, 0.6) is 0 Å². The summed E-state index contributed by atoms with van der Waals surface area (Å²) in [6, 6.07) is 8.21. The highest BCUT2D eigenvalue weighted by Crippen LogP contribution is 2.17. The summed E-state index contributed by atoms with van der Waals surface area (Å²) in [5.41, 5.74) is 2.40. The second kappa shape index (κ2) is 7.81. The highest BCUT2D eigenvalue weighted by molar-refractivity contribution is 5.85. The highest BCUT2D eigenvalue weighted by atomic mass is 35.5. The maximum Gasteiger partial charge on any atom is 0.221 e. The van der Waals surface area contributed by atoms with Gasteiger partial charge in [0.1, 0.15) is 0 Å². The van der Waals surface area contributed by atoms with Crippen molar-refractivity contribution in [1.29, 1.82) is 0 Å². The lowest BCUT2D eigenvalue weighted by Gasteiger charge is -2.04. The van der Waals surface area contributed by atoms with Crippen molar-refractivity contribution in [3.05, 3.63) is 36.0 Å². The molecule has 0 aliphatic heterocycles. The largest absolute Gasteiger partial charge is 0.361 e. The van der Waals surface area contributed by atoms with Gasteiger partial charge in [0.15, 0.2) is 0 Å². The van der Waals surface area contributed by atoms with E-state index in [0.717, 1.165) is 18.5 Å². The van der Waals surface area contributed by atoms with Crippen LogP contribution in [0.4, 0.5) is 0 Å². The van der Waals surface area contributed by atoms with Crippen LogP contribution < -0.4 is 10.6 Å². The molecule has 5 heteroatoms. The van der Waals surface area contributed by atoms with Gasteiger partial charge in [0.05, 0.1) is 0 Å². The van der Waals surface area contributed by atoms with Crippen LogP contribution in [0.1, 0.15) is 12.0 Å². The first-order chi connectivity index (χ1) is 8.81. The normalized spacial score (nSPS) is 10.2. The fraction of sp³-hybridized carbons (Fsp3) is 0.357. The maximum atomic E-state index is 11.4. The van der Waals surface area contributed by atoms with E-state index in [1.54, 1.807) is 0 Å². The van der Waals surface area contributed by atoms with Crippen molar-refractivity contribution >= 4 is 29.2 Å². The Morgan fingerprint density at radius 1 is 1.26 bits per heavy atom. The lowest BCUT2D eigenvalue weighted by atomic mass is 10.1. The molecule has 0 atom stereocenters. The number of nitrogens with one attached hydrogen (secondary N) is 3. The summed E-state index contributed by atoms with van der Waals surface area (Å²) in [5, 5.41) is 7.13. The molecule has 1 heterocycles. The number of hydrogen-bond donors (Lipinski definition) is 3. The quantitative estimate of drug-likeness (QED) is 0.757. The van der Waals surface area contributed by atoms with E-state index in [2.05, 4.69) is 27.8 Å². The number of aromatic amines is 1. The van der Waals surface area contributed by atoms with Crippen molar-refractivity contribution in [2.75, 3.05) is 20.1 Å². The molecule has 2 aromatic rings. The van der Waals surface area contributed by atoms with Gasteiger partial charge in [-0.05, 0) is 25.1 Å². The van der Waals surface area contributed by atoms with Gasteiger partial charge in [0, 0.05) is 36.6 Å². The second-order valence-corrected chi connectivity index (χ2v) is 4.31. The zero-order valence-electron chi connectivity index (χ0n) is 11.0. The van der Waals surface area contributed by atoms with E-state index in [1.807, 2.05) is 25.4 Å². The summed E-state index contributed by atoms with van der Waals surface area (Å²) in [4.78, 5) is 14.7. The first kappa shape index (κ1) is 15.5. The minimum Gasteiger partial charge on any atom is -0.361 e. The number of rotatable bonds is 6. The smallest absolute Gasteiger partial charge is 0.221 e. The summed E-state index contributed by atoms with van der Waals surface area (Å²) in [6.07, 6.45) is 3.41. The summed E-state index contributed by atoms with van der Waals surface area (Å²) >= 11 is 0. The molecule has 0 saturated heterocycles. The third-order valence-electron chi connectivity index (χ3n) is 2.99. The Morgan fingerprint density at radius 2 is 2.05 bits per heavy atom. The van der Waals surface area contributed by atoms with Gasteiger partial charge in [0.2, 0.25) is 5.91 Å². The highest BCUT2D eigenvalue weighted by Gasteiger charge is 2.04. The number of carbonyl (C=O) groups is 1. The molecule has 0 aliphatic rings. The Kier molecular flexibility index (Phi) is 6.39. The lowest BCUT2D eigenvalue weighted by molar-refractivity contribution is -0.120. The van der Waals surface area contributed by atoms with E-state index < -0.39 is 0 Å². The molecule has 0 radical (unpaired) electrons. The van der Waals surface area contributed by atoms with E-state index in [9.17, 15) is 4.79 Å². The topological polar surface area (TPSA) is 56.9 Å². The van der Waals surface area contributed by atoms with Crippen molar-refractivity contribution in [2.45, 2.75) is 12.8 Å². The maximum absolute atomic E-state index is 11.4. The molecular formula is C14H20ClN3O. The standard InChI is InChI=1S/C14H19N3O.ClH/c1-15-8-7-14(18)16-9-6-11-10-17-13-5-3-2-4-12(11)13;/h2-5,10,15,17H,6-9H2,1H3,(H,16,18);1H. The number of benzene rings is 1. The van der Waals surface area contributed by atoms with Gasteiger partial charge in [-0.15, -0.1) is 12.4 Å². The Morgan fingerprint density at radius 3 is 2.84 bits per heavy atom. The predicted octanol–water partition coefficient (Wildman–Crippen LogP) is 1.86. The molecule has 3 N–H and O–H groups in total. The molecule has 2 rings (SSSR count). The zero-order chi connectivity index (χ0) is 12.8. The third kappa shape index (κ3) is 4.26. The zero-order valence-corrected chi connectivity index (χ0v) is 11.8. The van der Waals surface area contributed by atoms with E-state index in [1.165, 1.54) is 10.9 Å². The molecule has 104 valence electrons. The minimum atomic E-state index is 0. The molecular weight excluding hydrogens is 262 g/mol. The summed E-state index contributed by atoms with van der Waals surface area (Å²) in [6.45, 7) is 1.41. The van der Waals surface area contributed by atoms with Crippen LogP contribution in [0.15, 0.2) is 30.5 Å². The van der Waals surface area contributed by atoms with E-state index in [0.29, 0.717) is 13.0 Å². The SMILES string of the molecule is CNCCC(=O)NCCc1c[nH]c2ccccc12.Cl. The van der Waals surface area contributed by atoms with Crippen LogP contribution >= 0.6 is 12.4 Å². The van der Waals surface area contributed by atoms with Crippen molar-refractivity contribution in [1.82, 2.24) is 15.6 Å². The Labute approximate surface area is 119 Å². The van der Waals surface area contributed by atoms with Crippen LogP contribution in [0.3, 0.4) is 0 Å². The van der Waals surface area contributed by atoms with Crippen molar-refractivity contribution < 1.29 is 4.79 Å². The average Bonchev–Trinajstić information content (AvgIpc) is 2.80. The van der Waals surface area contributed by atoms with Crippen molar-refractivity contribution in [3.63, 3.8) is 0 Å². The number of halogens is 1. The Balaban J connectivity index is 0.00000180. The van der Waals surface area contributed by atoms with Gasteiger partial charge in [-0.2, -0.15) is 0 Å². The number of fused-ring (bicyclic) bond motifs is 1. The molecule has 0 saturated carbocycles. The Bertz CT molecular complexity index is 524. The lowest BCUT2D eigenvalue weighted by Crippen LogP contribution is -2.28. The monoisotopic (exact) mass is 281 g/mol. The molecule has 0 bridgehead atoms. The Hall–Kier alpha value is -1.52. The predicted molar refractivity (Wildman–Crippen MR) is 80.8 cm³/mol. The second-order valence-electron chi connectivity index (χ2n) is 4.31. The number of amides is 1. The molecule has 0 aliphatic carbocycles. The number of H-pyrrole nitrogens is 1. The fourth-order valence-electron chi connectivity index (χ4n) is 2.00. The van der Waals surface area contributed by atoms with Crippen LogP contribution in [0, 0.1) is 0 Å². The fourth-order valence-corrected chi connectivity index (χ4v) is 2.00. The average molecular weight is 282 g/mol. The molecule has 0 unspecified atom stereocenters. The van der Waals surface area contributed by atoms with Crippen LogP contribution in [-0.2, 0) is 11.2 Å². The van der Waals surface area contributed by atoms with Crippen LogP contribution in [0.25, 0.3) is 10.9 Å². The van der Waals surface area contributed by atoms with Crippen LogP contribution in [0.2, 0.25) is 0 Å². The van der Waals surface area contributed by atoms with Gasteiger partial charge in [-0.1, -0.05) is 18.2 Å². The molecule has 1 amide bonds. The molecule has 0 fully saturated rings. The summed E-state index contributed by atoms with van der Waals surface area (Å²) < 4.78 is 0. The van der Waals surface area contributed by atoms with Gasteiger partial charge in [0.25, 0.3) is 0 Å². The molecule has 0 spiro atoms. The van der Waals surface area contributed by atoms with Gasteiger partial charge in [-0.3, -0.25) is 4.79 Å². The van der Waals surface area contributed by atoms with Crippen molar-refractivity contribution in [2.24, 2.45) is 0 Å². The summed E-state index contributed by atoms with van der Waals surface area (Å²) in [7, 11) is 1.85. The van der Waals surface area contributed by atoms with Gasteiger partial charge >= 0.3 is 0 Å². The van der Waals surface area contributed by atoms with E-state index in [4.69, 9.17) is 0 Å². The van der Waals surface area contributed by atoms with Gasteiger partial charge in [-0.25, -0.2) is 0 Å². The molecule has 4 nitrogen and oxygen atoms in total. The first-order valence-corrected chi connectivity index (χ1v) is 6.27. The van der Waals surface area contributed by atoms with E-state index in [-0.39, 0.29) is 18.3 Å².